The van der Waals surface area contributed by atoms with Crippen molar-refractivity contribution in [1.29, 1.82) is 0 Å². The van der Waals surface area contributed by atoms with Gasteiger partial charge < -0.3 is 10.1 Å². The molecule has 3 unspecified atom stereocenters. The SMILES string of the molecule is Clc1cccc(C2Nc3ccc(Oc4ccccc4)cc3C3C=CCC32)c1Cl. The van der Waals surface area contributed by atoms with E-state index in [1.54, 1.807) is 0 Å². The number of hydrogen-bond acceptors (Lipinski definition) is 2. The Hall–Kier alpha value is -2.42. The number of hydrogen-bond donors (Lipinski definition) is 1. The van der Waals surface area contributed by atoms with Crippen molar-refractivity contribution in [2.45, 2.75) is 18.4 Å². The van der Waals surface area contributed by atoms with Crippen LogP contribution in [0.1, 0.15) is 29.5 Å². The molecule has 3 aromatic rings. The molecule has 2 aliphatic rings. The number of rotatable bonds is 3. The van der Waals surface area contributed by atoms with Gasteiger partial charge in [0.15, 0.2) is 0 Å². The van der Waals surface area contributed by atoms with Crippen LogP contribution in [-0.4, -0.2) is 0 Å². The third-order valence-corrected chi connectivity index (χ3v) is 6.46. The van der Waals surface area contributed by atoms with Crippen LogP contribution in [0.3, 0.4) is 0 Å². The van der Waals surface area contributed by atoms with E-state index < -0.39 is 0 Å². The molecule has 1 heterocycles. The molecule has 1 aliphatic carbocycles. The summed E-state index contributed by atoms with van der Waals surface area (Å²) in [5.41, 5.74) is 3.44. The van der Waals surface area contributed by atoms with E-state index in [2.05, 4.69) is 35.7 Å². The molecule has 0 amide bonds. The van der Waals surface area contributed by atoms with E-state index >= 15 is 0 Å². The lowest BCUT2D eigenvalue weighted by Gasteiger charge is -2.38. The molecule has 4 heteroatoms. The highest BCUT2D eigenvalue weighted by Gasteiger charge is 2.39. The lowest BCUT2D eigenvalue weighted by atomic mass is 9.77. The van der Waals surface area contributed by atoms with Gasteiger partial charge in [0.05, 0.1) is 16.1 Å². The van der Waals surface area contributed by atoms with Gasteiger partial charge >= 0.3 is 0 Å². The van der Waals surface area contributed by atoms with Crippen LogP contribution in [-0.2, 0) is 0 Å². The maximum atomic E-state index is 6.55. The fourth-order valence-corrected chi connectivity index (χ4v) is 4.75. The largest absolute Gasteiger partial charge is 0.457 e. The summed E-state index contributed by atoms with van der Waals surface area (Å²) in [6.45, 7) is 0. The van der Waals surface area contributed by atoms with Crippen molar-refractivity contribution in [3.63, 3.8) is 0 Å². The normalized spacial score (nSPS) is 22.3. The minimum absolute atomic E-state index is 0.125. The number of allylic oxidation sites excluding steroid dienone is 2. The summed E-state index contributed by atoms with van der Waals surface area (Å²) in [5, 5.41) is 4.94. The summed E-state index contributed by atoms with van der Waals surface area (Å²) in [4.78, 5) is 0. The Kier molecular flexibility index (Phi) is 4.54. The van der Waals surface area contributed by atoms with E-state index in [9.17, 15) is 0 Å². The van der Waals surface area contributed by atoms with Crippen LogP contribution in [0.4, 0.5) is 5.69 Å². The summed E-state index contributed by atoms with van der Waals surface area (Å²) in [7, 11) is 0. The van der Waals surface area contributed by atoms with Crippen LogP contribution < -0.4 is 10.1 Å². The quantitative estimate of drug-likeness (QED) is 0.450. The number of benzene rings is 3. The number of halogens is 2. The van der Waals surface area contributed by atoms with Gasteiger partial charge in [-0.3, -0.25) is 0 Å². The van der Waals surface area contributed by atoms with E-state index in [0.717, 1.165) is 29.2 Å². The molecule has 0 radical (unpaired) electrons. The van der Waals surface area contributed by atoms with Crippen LogP contribution in [0.15, 0.2) is 78.9 Å². The zero-order valence-electron chi connectivity index (χ0n) is 15.1. The molecule has 0 spiro atoms. The molecule has 0 fully saturated rings. The van der Waals surface area contributed by atoms with Crippen molar-refractivity contribution in [1.82, 2.24) is 0 Å². The third kappa shape index (κ3) is 3.07. The molecule has 3 atom stereocenters. The van der Waals surface area contributed by atoms with E-state index in [4.69, 9.17) is 27.9 Å². The molecular formula is C24H19Cl2NO. The number of fused-ring (bicyclic) bond motifs is 3. The smallest absolute Gasteiger partial charge is 0.127 e. The molecule has 28 heavy (non-hydrogen) atoms. The molecule has 0 saturated carbocycles. The van der Waals surface area contributed by atoms with Gasteiger partial charge in [0.2, 0.25) is 0 Å². The van der Waals surface area contributed by atoms with Crippen molar-refractivity contribution < 1.29 is 4.74 Å². The Labute approximate surface area is 174 Å². The van der Waals surface area contributed by atoms with E-state index in [0.29, 0.717) is 21.9 Å². The summed E-state index contributed by atoms with van der Waals surface area (Å²) in [6, 6.07) is 22.1. The zero-order chi connectivity index (χ0) is 19.1. The molecular weight excluding hydrogens is 389 g/mol. The summed E-state index contributed by atoms with van der Waals surface area (Å²) < 4.78 is 6.05. The zero-order valence-corrected chi connectivity index (χ0v) is 16.6. The number of nitrogens with one attached hydrogen (secondary N) is 1. The second kappa shape index (κ2) is 7.20. The van der Waals surface area contributed by atoms with Crippen molar-refractivity contribution >= 4 is 28.9 Å². The molecule has 5 rings (SSSR count). The number of para-hydroxylation sites is 1. The van der Waals surface area contributed by atoms with E-state index in [-0.39, 0.29) is 6.04 Å². The maximum Gasteiger partial charge on any atom is 0.127 e. The van der Waals surface area contributed by atoms with Gasteiger partial charge in [0.1, 0.15) is 11.5 Å². The first-order chi connectivity index (χ1) is 13.7. The lowest BCUT2D eigenvalue weighted by Crippen LogP contribution is -2.29. The van der Waals surface area contributed by atoms with Gasteiger partial charge in [0.25, 0.3) is 0 Å². The van der Waals surface area contributed by atoms with Crippen molar-refractivity contribution in [3.05, 3.63) is 100 Å². The van der Waals surface area contributed by atoms with Gasteiger partial charge in [0, 0.05) is 11.6 Å². The first-order valence-electron chi connectivity index (χ1n) is 9.44. The fraction of sp³-hybridized carbons (Fsp3) is 0.167. The van der Waals surface area contributed by atoms with Gasteiger partial charge in [-0.05, 0) is 59.9 Å². The maximum absolute atomic E-state index is 6.55. The molecule has 1 aliphatic heterocycles. The first-order valence-corrected chi connectivity index (χ1v) is 10.2. The Morgan fingerprint density at radius 2 is 1.71 bits per heavy atom. The summed E-state index contributed by atoms with van der Waals surface area (Å²) in [6.07, 6.45) is 5.58. The Morgan fingerprint density at radius 1 is 0.857 bits per heavy atom. The lowest BCUT2D eigenvalue weighted by molar-refractivity contribution is 0.422. The molecule has 1 N–H and O–H groups in total. The highest BCUT2D eigenvalue weighted by molar-refractivity contribution is 6.42. The third-order valence-electron chi connectivity index (χ3n) is 5.63. The average molecular weight is 408 g/mol. The topological polar surface area (TPSA) is 21.3 Å². The fourth-order valence-electron chi connectivity index (χ4n) is 4.33. The van der Waals surface area contributed by atoms with Crippen molar-refractivity contribution in [2.24, 2.45) is 5.92 Å². The Balaban J connectivity index is 1.51. The van der Waals surface area contributed by atoms with Crippen LogP contribution in [0.5, 0.6) is 11.5 Å². The summed E-state index contributed by atoms with van der Waals surface area (Å²) >= 11 is 12.8. The predicted molar refractivity (Wildman–Crippen MR) is 116 cm³/mol. The molecule has 140 valence electrons. The van der Waals surface area contributed by atoms with Gasteiger partial charge in [-0.1, -0.05) is 65.7 Å². The minimum atomic E-state index is 0.125. The highest BCUT2D eigenvalue weighted by Crippen LogP contribution is 2.52. The first kappa shape index (κ1) is 17.7. The standard InChI is InChI=1S/C24H19Cl2NO/c25-21-11-5-10-19(23(21)26)24-18-9-4-8-17(18)20-14-16(12-13-22(20)27-24)28-15-6-2-1-3-7-15/h1-8,10-14,17-18,24,27H,9H2. The predicted octanol–water partition coefficient (Wildman–Crippen LogP) is 7.61. The van der Waals surface area contributed by atoms with Crippen LogP contribution in [0, 0.1) is 5.92 Å². The van der Waals surface area contributed by atoms with Crippen LogP contribution >= 0.6 is 23.2 Å². The second-order valence-electron chi connectivity index (χ2n) is 7.28. The molecule has 2 nitrogen and oxygen atoms in total. The van der Waals surface area contributed by atoms with E-state index in [1.807, 2.05) is 48.5 Å². The molecule has 3 aromatic carbocycles. The van der Waals surface area contributed by atoms with Gasteiger partial charge in [-0.2, -0.15) is 0 Å². The molecule has 0 bridgehead atoms. The van der Waals surface area contributed by atoms with Crippen LogP contribution in [0.25, 0.3) is 0 Å². The monoisotopic (exact) mass is 407 g/mol. The summed E-state index contributed by atoms with van der Waals surface area (Å²) in [5.74, 6) is 2.42. The van der Waals surface area contributed by atoms with Gasteiger partial charge in [-0.25, -0.2) is 0 Å². The number of anilines is 1. The minimum Gasteiger partial charge on any atom is -0.457 e. The second-order valence-corrected chi connectivity index (χ2v) is 8.07. The highest BCUT2D eigenvalue weighted by atomic mass is 35.5. The number of ether oxygens (including phenoxy) is 1. The Bertz CT molecular complexity index is 1050. The Morgan fingerprint density at radius 3 is 2.57 bits per heavy atom. The molecule has 0 saturated heterocycles. The average Bonchev–Trinajstić information content (AvgIpc) is 3.21. The van der Waals surface area contributed by atoms with E-state index in [1.165, 1.54) is 5.56 Å². The van der Waals surface area contributed by atoms with Crippen LogP contribution in [0.2, 0.25) is 10.0 Å². The van der Waals surface area contributed by atoms with Crippen molar-refractivity contribution in [2.75, 3.05) is 5.32 Å². The van der Waals surface area contributed by atoms with Crippen molar-refractivity contribution in [3.8, 4) is 11.5 Å². The van der Waals surface area contributed by atoms with Gasteiger partial charge in [-0.15, -0.1) is 0 Å². The molecule has 0 aromatic heterocycles.